The molecule has 3 aliphatic rings. The zero-order chi connectivity index (χ0) is 13.1. The zero-order valence-corrected chi connectivity index (χ0v) is 11.0. The molecule has 0 aromatic carbocycles. The van der Waals surface area contributed by atoms with Crippen LogP contribution in [0.1, 0.15) is 39.5 Å². The third-order valence-corrected chi connectivity index (χ3v) is 5.40. The van der Waals surface area contributed by atoms with Gasteiger partial charge in [0.2, 0.25) is 0 Å². The van der Waals surface area contributed by atoms with Gasteiger partial charge >= 0.3 is 5.97 Å². The number of fused-ring (bicyclic) bond motifs is 2. The van der Waals surface area contributed by atoms with Crippen LogP contribution in [0.15, 0.2) is 23.8 Å². The maximum Gasteiger partial charge on any atom is 0.336 e. The summed E-state index contributed by atoms with van der Waals surface area (Å²) >= 11 is 0. The van der Waals surface area contributed by atoms with Gasteiger partial charge in [-0.2, -0.15) is 0 Å². The van der Waals surface area contributed by atoms with Gasteiger partial charge in [0.05, 0.1) is 5.57 Å². The number of carbonyl (C=O) groups excluding carboxylic acids is 1. The van der Waals surface area contributed by atoms with Gasteiger partial charge in [-0.25, -0.2) is 4.79 Å². The molecule has 1 aliphatic heterocycles. The van der Waals surface area contributed by atoms with Crippen LogP contribution in [-0.2, 0) is 9.53 Å². The monoisotopic (exact) mass is 248 g/mol. The van der Waals surface area contributed by atoms with Crippen molar-refractivity contribution in [1.82, 2.24) is 0 Å². The molecule has 0 aromatic rings. The van der Waals surface area contributed by atoms with Crippen molar-refractivity contribution in [2.24, 2.45) is 11.3 Å². The third kappa shape index (κ3) is 1.31. The van der Waals surface area contributed by atoms with Gasteiger partial charge < -0.3 is 9.84 Å². The van der Waals surface area contributed by atoms with Crippen LogP contribution in [0, 0.1) is 11.3 Å². The summed E-state index contributed by atoms with van der Waals surface area (Å²) in [7, 11) is 0. The second-order valence-electron chi connectivity index (χ2n) is 6.30. The average molecular weight is 248 g/mol. The Balaban J connectivity index is 2.04. The molecule has 1 saturated carbocycles. The molecular formula is C15H20O3. The minimum absolute atomic E-state index is 0.0274. The zero-order valence-electron chi connectivity index (χ0n) is 11.0. The maximum absolute atomic E-state index is 11.6. The van der Waals surface area contributed by atoms with Crippen molar-refractivity contribution in [3.8, 4) is 0 Å². The maximum atomic E-state index is 11.6. The van der Waals surface area contributed by atoms with Crippen molar-refractivity contribution in [2.45, 2.75) is 51.2 Å². The number of hydrogen-bond acceptors (Lipinski definition) is 3. The van der Waals surface area contributed by atoms with Crippen LogP contribution in [0.3, 0.4) is 0 Å². The minimum Gasteiger partial charge on any atom is -0.455 e. The Morgan fingerprint density at radius 3 is 3.00 bits per heavy atom. The lowest BCUT2D eigenvalue weighted by atomic mass is 9.56. The first kappa shape index (κ1) is 12.0. The molecule has 18 heavy (non-hydrogen) atoms. The van der Waals surface area contributed by atoms with Crippen molar-refractivity contribution in [1.29, 1.82) is 0 Å². The highest BCUT2D eigenvalue weighted by atomic mass is 16.6. The molecule has 1 N–H and O–H groups in total. The summed E-state index contributed by atoms with van der Waals surface area (Å²) in [6, 6.07) is 0. The van der Waals surface area contributed by atoms with Crippen LogP contribution in [-0.4, -0.2) is 22.8 Å². The standard InChI is InChI=1S/C15H20O3/c1-9-5-4-6-11-7-12-15(17,8-14(9,11)3)10(2)13(16)18-12/h6,9,12,17H,2,4-5,7-8H2,1,3H3/t9-,12+,14+,15-/m0/s1. The molecule has 98 valence electrons. The largest absolute Gasteiger partial charge is 0.455 e. The number of carbonyl (C=O) groups is 1. The lowest BCUT2D eigenvalue weighted by Gasteiger charge is -2.50. The Morgan fingerprint density at radius 2 is 2.28 bits per heavy atom. The fourth-order valence-electron chi connectivity index (χ4n) is 3.84. The van der Waals surface area contributed by atoms with Crippen molar-refractivity contribution in [2.75, 3.05) is 0 Å². The topological polar surface area (TPSA) is 46.5 Å². The predicted molar refractivity (Wildman–Crippen MR) is 67.8 cm³/mol. The molecule has 0 aromatic heterocycles. The van der Waals surface area contributed by atoms with Crippen molar-refractivity contribution in [3.05, 3.63) is 23.8 Å². The molecule has 3 nitrogen and oxygen atoms in total. The van der Waals surface area contributed by atoms with E-state index >= 15 is 0 Å². The summed E-state index contributed by atoms with van der Waals surface area (Å²) in [6.45, 7) is 8.18. The van der Waals surface area contributed by atoms with E-state index in [0.29, 0.717) is 18.8 Å². The molecule has 3 heteroatoms. The van der Waals surface area contributed by atoms with Crippen molar-refractivity contribution in [3.63, 3.8) is 0 Å². The van der Waals surface area contributed by atoms with E-state index in [9.17, 15) is 9.90 Å². The first-order valence-corrected chi connectivity index (χ1v) is 6.70. The Kier molecular flexibility index (Phi) is 2.31. The molecule has 4 atom stereocenters. The molecule has 0 unspecified atom stereocenters. The highest BCUT2D eigenvalue weighted by molar-refractivity contribution is 5.93. The summed E-state index contributed by atoms with van der Waals surface area (Å²) in [5.74, 6) is 0.0870. The van der Waals surface area contributed by atoms with Gasteiger partial charge in [0, 0.05) is 6.42 Å². The molecule has 0 spiro atoms. The number of ether oxygens (including phenoxy) is 1. The van der Waals surface area contributed by atoms with Crippen molar-refractivity contribution < 1.29 is 14.6 Å². The van der Waals surface area contributed by atoms with Gasteiger partial charge in [-0.3, -0.25) is 0 Å². The third-order valence-electron chi connectivity index (χ3n) is 5.40. The molecule has 0 bridgehead atoms. The molecule has 0 amide bonds. The first-order chi connectivity index (χ1) is 8.38. The molecule has 1 heterocycles. The minimum atomic E-state index is -1.16. The van der Waals surface area contributed by atoms with Crippen LogP contribution < -0.4 is 0 Å². The lowest BCUT2D eigenvalue weighted by Crippen LogP contribution is -2.52. The number of hydrogen-bond donors (Lipinski definition) is 1. The average Bonchev–Trinajstić information content (AvgIpc) is 2.51. The smallest absolute Gasteiger partial charge is 0.336 e. The quantitative estimate of drug-likeness (QED) is 0.406. The van der Waals surface area contributed by atoms with E-state index in [0.717, 1.165) is 12.8 Å². The molecule has 1 saturated heterocycles. The van der Waals surface area contributed by atoms with Gasteiger partial charge in [-0.1, -0.05) is 32.1 Å². The fourth-order valence-corrected chi connectivity index (χ4v) is 3.84. The van der Waals surface area contributed by atoms with Crippen molar-refractivity contribution >= 4 is 5.97 Å². The Bertz CT molecular complexity index is 462. The Hall–Kier alpha value is -1.09. The van der Waals surface area contributed by atoms with E-state index < -0.39 is 17.7 Å². The van der Waals surface area contributed by atoms with Crippen LogP contribution in [0.4, 0.5) is 0 Å². The number of aliphatic hydroxyl groups is 1. The van der Waals surface area contributed by atoms with E-state index in [-0.39, 0.29) is 11.0 Å². The lowest BCUT2D eigenvalue weighted by molar-refractivity contribution is -0.144. The van der Waals surface area contributed by atoms with E-state index in [1.54, 1.807) is 0 Å². The summed E-state index contributed by atoms with van der Waals surface area (Å²) < 4.78 is 5.28. The summed E-state index contributed by atoms with van der Waals surface area (Å²) in [4.78, 5) is 11.6. The molecular weight excluding hydrogens is 228 g/mol. The summed E-state index contributed by atoms with van der Waals surface area (Å²) in [6.07, 6.45) is 5.29. The highest BCUT2D eigenvalue weighted by Gasteiger charge is 2.60. The second kappa shape index (κ2) is 3.47. The Labute approximate surface area is 108 Å². The number of esters is 1. The van der Waals surface area contributed by atoms with Gasteiger partial charge in [0.25, 0.3) is 0 Å². The van der Waals surface area contributed by atoms with E-state index in [1.165, 1.54) is 5.57 Å². The molecule has 2 fully saturated rings. The van der Waals surface area contributed by atoms with E-state index in [4.69, 9.17) is 4.74 Å². The van der Waals surface area contributed by atoms with E-state index in [1.807, 2.05) is 0 Å². The first-order valence-electron chi connectivity index (χ1n) is 6.70. The molecule has 0 radical (unpaired) electrons. The number of allylic oxidation sites excluding steroid dienone is 1. The van der Waals surface area contributed by atoms with E-state index in [2.05, 4.69) is 26.5 Å². The fraction of sp³-hybridized carbons (Fsp3) is 0.667. The van der Waals surface area contributed by atoms with Gasteiger partial charge in [-0.05, 0) is 30.6 Å². The van der Waals surface area contributed by atoms with Crippen LogP contribution in [0.2, 0.25) is 0 Å². The van der Waals surface area contributed by atoms with Gasteiger partial charge in [-0.15, -0.1) is 0 Å². The van der Waals surface area contributed by atoms with Crippen LogP contribution in [0.25, 0.3) is 0 Å². The highest BCUT2D eigenvalue weighted by Crippen LogP contribution is 2.57. The van der Waals surface area contributed by atoms with Crippen LogP contribution >= 0.6 is 0 Å². The SMILES string of the molecule is C=C1C(=O)O[C@@H]2CC3=CCC[C@H](C)[C@@]3(C)C[C@]12O. The summed E-state index contributed by atoms with van der Waals surface area (Å²) in [5, 5.41) is 10.8. The second-order valence-corrected chi connectivity index (χ2v) is 6.30. The number of rotatable bonds is 0. The van der Waals surface area contributed by atoms with Crippen LogP contribution in [0.5, 0.6) is 0 Å². The predicted octanol–water partition coefficient (Wildman–Crippen LogP) is 2.36. The molecule has 2 aliphatic carbocycles. The Morgan fingerprint density at radius 1 is 1.56 bits per heavy atom. The molecule has 3 rings (SSSR count). The van der Waals surface area contributed by atoms with Gasteiger partial charge in [0.1, 0.15) is 11.7 Å². The normalized spacial score (nSPS) is 47.2. The summed E-state index contributed by atoms with van der Waals surface area (Å²) in [5.41, 5.74) is 0.402. The van der Waals surface area contributed by atoms with Gasteiger partial charge in [0.15, 0.2) is 0 Å².